The SMILES string of the molecule is CN1CCN(C(Br)c2ccccc2)CC1. The molecule has 0 spiro atoms. The summed E-state index contributed by atoms with van der Waals surface area (Å²) in [7, 11) is 2.18. The minimum absolute atomic E-state index is 0.368. The van der Waals surface area contributed by atoms with E-state index in [9.17, 15) is 0 Å². The van der Waals surface area contributed by atoms with Gasteiger partial charge in [-0.15, -0.1) is 0 Å². The van der Waals surface area contributed by atoms with Gasteiger partial charge in [-0.2, -0.15) is 0 Å². The Labute approximate surface area is 100 Å². The number of piperazine rings is 1. The predicted molar refractivity (Wildman–Crippen MR) is 67.2 cm³/mol. The molecule has 1 aliphatic heterocycles. The first-order valence-electron chi connectivity index (χ1n) is 5.39. The Balaban J connectivity index is 1.99. The van der Waals surface area contributed by atoms with E-state index in [4.69, 9.17) is 0 Å². The summed E-state index contributed by atoms with van der Waals surface area (Å²) >= 11 is 3.77. The fraction of sp³-hybridized carbons (Fsp3) is 0.500. The van der Waals surface area contributed by atoms with Crippen LogP contribution in [0.5, 0.6) is 0 Å². The molecule has 0 radical (unpaired) electrons. The van der Waals surface area contributed by atoms with Gasteiger partial charge in [0, 0.05) is 26.2 Å². The molecule has 0 aliphatic carbocycles. The van der Waals surface area contributed by atoms with Gasteiger partial charge in [0.25, 0.3) is 0 Å². The highest BCUT2D eigenvalue weighted by Crippen LogP contribution is 2.27. The van der Waals surface area contributed by atoms with Crippen LogP contribution in [0.4, 0.5) is 0 Å². The summed E-state index contributed by atoms with van der Waals surface area (Å²) < 4.78 is 0. The molecular formula is C12H17BrN2. The van der Waals surface area contributed by atoms with E-state index in [2.05, 4.69) is 63.1 Å². The molecule has 1 aromatic rings. The molecule has 1 aromatic carbocycles. The number of nitrogens with zero attached hydrogens (tertiary/aromatic N) is 2. The second kappa shape index (κ2) is 5.10. The summed E-state index contributed by atoms with van der Waals surface area (Å²) in [5.41, 5.74) is 1.35. The van der Waals surface area contributed by atoms with Gasteiger partial charge in [-0.3, -0.25) is 4.90 Å². The molecule has 1 atom stereocenters. The van der Waals surface area contributed by atoms with Crippen LogP contribution in [-0.4, -0.2) is 43.0 Å². The summed E-state index contributed by atoms with van der Waals surface area (Å²) in [6.45, 7) is 4.60. The van der Waals surface area contributed by atoms with Crippen molar-refractivity contribution in [3.63, 3.8) is 0 Å². The standard InChI is InChI=1S/C12H17BrN2/c1-14-7-9-15(10-8-14)12(13)11-5-3-2-4-6-11/h2-6,12H,7-10H2,1H3. The highest BCUT2D eigenvalue weighted by molar-refractivity contribution is 9.09. The Morgan fingerprint density at radius 1 is 1.07 bits per heavy atom. The molecule has 2 rings (SSSR count). The number of likely N-dealkylation sites (N-methyl/N-ethyl adjacent to an activating group) is 1. The van der Waals surface area contributed by atoms with Crippen LogP contribution in [0.1, 0.15) is 10.5 Å². The number of benzene rings is 1. The molecule has 1 aliphatic rings. The summed E-state index contributed by atoms with van der Waals surface area (Å²) in [5.74, 6) is 0. The molecule has 15 heavy (non-hydrogen) atoms. The van der Waals surface area contributed by atoms with Crippen LogP contribution in [0.15, 0.2) is 30.3 Å². The van der Waals surface area contributed by atoms with Crippen LogP contribution < -0.4 is 0 Å². The molecule has 0 saturated carbocycles. The second-order valence-corrected chi connectivity index (χ2v) is 4.95. The van der Waals surface area contributed by atoms with Crippen molar-refractivity contribution >= 4 is 15.9 Å². The number of alkyl halides is 1. The van der Waals surface area contributed by atoms with E-state index in [1.807, 2.05) is 0 Å². The molecule has 0 bridgehead atoms. The molecule has 3 heteroatoms. The van der Waals surface area contributed by atoms with Gasteiger partial charge in [-0.05, 0) is 12.6 Å². The van der Waals surface area contributed by atoms with E-state index in [-0.39, 0.29) is 0 Å². The van der Waals surface area contributed by atoms with Gasteiger partial charge in [-0.1, -0.05) is 46.3 Å². The Kier molecular flexibility index (Phi) is 3.78. The van der Waals surface area contributed by atoms with Crippen molar-refractivity contribution in [1.82, 2.24) is 9.80 Å². The highest BCUT2D eigenvalue weighted by Gasteiger charge is 2.20. The fourth-order valence-corrected chi connectivity index (χ4v) is 2.59. The molecule has 2 nitrogen and oxygen atoms in total. The van der Waals surface area contributed by atoms with Gasteiger partial charge in [0.15, 0.2) is 0 Å². The second-order valence-electron chi connectivity index (χ2n) is 4.09. The largest absolute Gasteiger partial charge is 0.304 e. The van der Waals surface area contributed by atoms with Crippen molar-refractivity contribution in [2.75, 3.05) is 33.2 Å². The normalized spacial score (nSPS) is 21.5. The molecule has 82 valence electrons. The zero-order valence-electron chi connectivity index (χ0n) is 9.06. The highest BCUT2D eigenvalue weighted by atomic mass is 79.9. The topological polar surface area (TPSA) is 6.48 Å². The third kappa shape index (κ3) is 2.80. The third-order valence-corrected chi connectivity index (χ3v) is 4.04. The lowest BCUT2D eigenvalue weighted by Gasteiger charge is -2.35. The van der Waals surface area contributed by atoms with Crippen LogP contribution in [0, 0.1) is 0 Å². The maximum Gasteiger partial charge on any atom is 0.0912 e. The summed E-state index contributed by atoms with van der Waals surface area (Å²) in [6.07, 6.45) is 0. The van der Waals surface area contributed by atoms with Crippen molar-refractivity contribution in [2.45, 2.75) is 4.95 Å². The maximum absolute atomic E-state index is 3.77. The van der Waals surface area contributed by atoms with Gasteiger partial charge >= 0.3 is 0 Å². The average molecular weight is 269 g/mol. The Morgan fingerprint density at radius 2 is 1.67 bits per heavy atom. The molecule has 0 amide bonds. The van der Waals surface area contributed by atoms with Gasteiger partial charge in [-0.25, -0.2) is 0 Å². The van der Waals surface area contributed by atoms with Crippen LogP contribution in [0.2, 0.25) is 0 Å². The first-order valence-corrected chi connectivity index (χ1v) is 6.30. The number of halogens is 1. The van der Waals surface area contributed by atoms with E-state index in [1.165, 1.54) is 5.56 Å². The van der Waals surface area contributed by atoms with Crippen LogP contribution in [0.3, 0.4) is 0 Å². The number of rotatable bonds is 2. The lowest BCUT2D eigenvalue weighted by molar-refractivity contribution is 0.146. The van der Waals surface area contributed by atoms with Crippen molar-refractivity contribution in [3.8, 4) is 0 Å². The Hall–Kier alpha value is -0.380. The zero-order chi connectivity index (χ0) is 10.7. The minimum Gasteiger partial charge on any atom is -0.304 e. The van der Waals surface area contributed by atoms with Crippen LogP contribution in [0.25, 0.3) is 0 Å². The number of hydrogen-bond donors (Lipinski definition) is 0. The van der Waals surface area contributed by atoms with Crippen molar-refractivity contribution in [2.24, 2.45) is 0 Å². The van der Waals surface area contributed by atoms with Crippen LogP contribution >= 0.6 is 15.9 Å². The van der Waals surface area contributed by atoms with Gasteiger partial charge < -0.3 is 4.90 Å². The molecule has 1 saturated heterocycles. The monoisotopic (exact) mass is 268 g/mol. The molecule has 1 heterocycles. The lowest BCUT2D eigenvalue weighted by Crippen LogP contribution is -2.44. The first kappa shape index (κ1) is 11.1. The Morgan fingerprint density at radius 3 is 2.27 bits per heavy atom. The first-order chi connectivity index (χ1) is 7.27. The molecular weight excluding hydrogens is 252 g/mol. The summed E-state index contributed by atoms with van der Waals surface area (Å²) in [4.78, 5) is 5.23. The molecule has 0 N–H and O–H groups in total. The molecule has 0 aromatic heterocycles. The van der Waals surface area contributed by atoms with E-state index in [0.29, 0.717) is 4.95 Å². The van der Waals surface area contributed by atoms with E-state index in [0.717, 1.165) is 26.2 Å². The summed E-state index contributed by atoms with van der Waals surface area (Å²) in [6, 6.07) is 10.6. The van der Waals surface area contributed by atoms with Crippen molar-refractivity contribution < 1.29 is 0 Å². The van der Waals surface area contributed by atoms with Crippen molar-refractivity contribution in [3.05, 3.63) is 35.9 Å². The van der Waals surface area contributed by atoms with Gasteiger partial charge in [0.1, 0.15) is 0 Å². The third-order valence-electron chi connectivity index (χ3n) is 2.93. The quantitative estimate of drug-likeness (QED) is 0.600. The van der Waals surface area contributed by atoms with Crippen LogP contribution in [-0.2, 0) is 0 Å². The van der Waals surface area contributed by atoms with Gasteiger partial charge in [0.2, 0.25) is 0 Å². The smallest absolute Gasteiger partial charge is 0.0912 e. The molecule has 1 fully saturated rings. The fourth-order valence-electron chi connectivity index (χ4n) is 1.87. The van der Waals surface area contributed by atoms with E-state index in [1.54, 1.807) is 0 Å². The zero-order valence-corrected chi connectivity index (χ0v) is 10.7. The number of hydrogen-bond acceptors (Lipinski definition) is 2. The van der Waals surface area contributed by atoms with E-state index < -0.39 is 0 Å². The van der Waals surface area contributed by atoms with E-state index >= 15 is 0 Å². The lowest BCUT2D eigenvalue weighted by atomic mass is 10.2. The predicted octanol–water partition coefficient (Wildman–Crippen LogP) is 2.33. The average Bonchev–Trinajstić information content (AvgIpc) is 2.30. The van der Waals surface area contributed by atoms with Crippen molar-refractivity contribution in [1.29, 1.82) is 0 Å². The Bertz CT molecular complexity index is 294. The maximum atomic E-state index is 3.77. The molecule has 1 unspecified atom stereocenters. The van der Waals surface area contributed by atoms with Gasteiger partial charge in [0.05, 0.1) is 4.95 Å². The summed E-state index contributed by atoms with van der Waals surface area (Å²) in [5, 5.41) is 0. The minimum atomic E-state index is 0.368.